The molecule has 1 heterocycles. The van der Waals surface area contributed by atoms with Crippen LogP contribution in [-0.4, -0.2) is 11.5 Å². The Morgan fingerprint density at radius 2 is 2.55 bits per heavy atom. The molecule has 1 unspecified atom stereocenters. The molecule has 5 nitrogen and oxygen atoms in total. The third-order valence-electron chi connectivity index (χ3n) is 1.25. The molecule has 0 bridgehead atoms. The lowest BCUT2D eigenvalue weighted by molar-refractivity contribution is -0.483. The van der Waals surface area contributed by atoms with E-state index in [9.17, 15) is 10.1 Å². The van der Waals surface area contributed by atoms with Crippen LogP contribution in [0.5, 0.6) is 0 Å². The van der Waals surface area contributed by atoms with Crippen molar-refractivity contribution in [3.8, 4) is 0 Å². The Morgan fingerprint density at radius 1 is 1.82 bits per heavy atom. The van der Waals surface area contributed by atoms with Gasteiger partial charge in [0.05, 0.1) is 6.26 Å². The van der Waals surface area contributed by atoms with Gasteiger partial charge < -0.3 is 10.2 Å². The molecule has 0 spiro atoms. The molecular weight excluding hydrogens is 148 g/mol. The molecule has 0 saturated heterocycles. The number of hydrogen-bond donors (Lipinski definition) is 1. The first-order valence-electron chi connectivity index (χ1n) is 3.11. The molecule has 11 heavy (non-hydrogen) atoms. The quantitative estimate of drug-likeness (QED) is 0.511. The average Bonchev–Trinajstić information content (AvgIpc) is 2.35. The molecule has 1 aromatic rings. The smallest absolute Gasteiger partial charge is 0.226 e. The summed E-state index contributed by atoms with van der Waals surface area (Å²) in [6.45, 7) is -0.298. The van der Waals surface area contributed by atoms with Gasteiger partial charge in [0.25, 0.3) is 0 Å². The maximum Gasteiger partial charge on any atom is 0.226 e. The third-order valence-corrected chi connectivity index (χ3v) is 1.25. The number of furan rings is 1. The zero-order valence-corrected chi connectivity index (χ0v) is 5.77. The number of rotatable bonds is 3. The zero-order valence-electron chi connectivity index (χ0n) is 5.77. The van der Waals surface area contributed by atoms with E-state index >= 15 is 0 Å². The van der Waals surface area contributed by atoms with E-state index in [0.717, 1.165) is 0 Å². The minimum absolute atomic E-state index is 0.298. The molecule has 60 valence electrons. The predicted octanol–water partition coefficient (Wildman–Crippen LogP) is 0.556. The summed E-state index contributed by atoms with van der Waals surface area (Å²) < 4.78 is 4.87. The number of hydrogen-bond acceptors (Lipinski definition) is 4. The molecule has 0 amide bonds. The highest BCUT2D eigenvalue weighted by atomic mass is 16.6. The van der Waals surface area contributed by atoms with Crippen molar-refractivity contribution < 1.29 is 9.34 Å². The van der Waals surface area contributed by atoms with Crippen LogP contribution < -0.4 is 5.73 Å². The molecule has 0 aliphatic heterocycles. The van der Waals surface area contributed by atoms with Gasteiger partial charge in [0.2, 0.25) is 6.54 Å². The highest BCUT2D eigenvalue weighted by Gasteiger charge is 2.14. The summed E-state index contributed by atoms with van der Waals surface area (Å²) in [4.78, 5) is 9.52. The molecule has 1 atom stereocenters. The molecule has 0 fully saturated rings. The SMILES string of the molecule is NC(C[N+](=O)[O-])c1ccco1. The molecule has 0 saturated carbocycles. The Morgan fingerprint density at radius 3 is 3.00 bits per heavy atom. The van der Waals surface area contributed by atoms with Crippen molar-refractivity contribution in [3.05, 3.63) is 34.3 Å². The van der Waals surface area contributed by atoms with Crippen LogP contribution in [0.4, 0.5) is 0 Å². The highest BCUT2D eigenvalue weighted by Crippen LogP contribution is 2.09. The molecule has 1 rings (SSSR count). The minimum atomic E-state index is -0.639. The largest absolute Gasteiger partial charge is 0.467 e. The summed E-state index contributed by atoms with van der Waals surface area (Å²) in [5.41, 5.74) is 5.40. The molecular formula is C6H8N2O3. The van der Waals surface area contributed by atoms with Crippen LogP contribution in [0.1, 0.15) is 11.8 Å². The molecule has 0 radical (unpaired) electrons. The Kier molecular flexibility index (Phi) is 2.22. The number of nitrogens with zero attached hydrogens (tertiary/aromatic N) is 1. The third kappa shape index (κ3) is 2.05. The Balaban J connectivity index is 2.56. The topological polar surface area (TPSA) is 82.3 Å². The minimum Gasteiger partial charge on any atom is -0.467 e. The van der Waals surface area contributed by atoms with Crippen LogP contribution in [0, 0.1) is 10.1 Å². The molecule has 0 aliphatic rings. The fraction of sp³-hybridized carbons (Fsp3) is 0.333. The molecule has 0 aromatic carbocycles. The maximum atomic E-state index is 9.99. The van der Waals surface area contributed by atoms with Crippen molar-refractivity contribution in [1.29, 1.82) is 0 Å². The maximum absolute atomic E-state index is 9.99. The van der Waals surface area contributed by atoms with Gasteiger partial charge in [0, 0.05) is 4.92 Å². The monoisotopic (exact) mass is 156 g/mol. The predicted molar refractivity (Wildman–Crippen MR) is 37.5 cm³/mol. The average molecular weight is 156 g/mol. The van der Waals surface area contributed by atoms with Crippen molar-refractivity contribution in [2.45, 2.75) is 6.04 Å². The highest BCUT2D eigenvalue weighted by molar-refractivity contribution is 5.02. The van der Waals surface area contributed by atoms with Crippen molar-refractivity contribution in [3.63, 3.8) is 0 Å². The van der Waals surface area contributed by atoms with E-state index in [1.54, 1.807) is 12.1 Å². The van der Waals surface area contributed by atoms with Crippen LogP contribution >= 0.6 is 0 Å². The molecule has 1 aromatic heterocycles. The summed E-state index contributed by atoms with van der Waals surface area (Å²) in [5.74, 6) is 0.446. The van der Waals surface area contributed by atoms with Crippen LogP contribution in [-0.2, 0) is 0 Å². The molecule has 0 aliphatic carbocycles. The summed E-state index contributed by atoms with van der Waals surface area (Å²) in [7, 11) is 0. The summed E-state index contributed by atoms with van der Waals surface area (Å²) >= 11 is 0. The van der Waals surface area contributed by atoms with Gasteiger partial charge >= 0.3 is 0 Å². The first-order chi connectivity index (χ1) is 5.20. The van der Waals surface area contributed by atoms with Gasteiger partial charge in [-0.1, -0.05) is 0 Å². The standard InChI is InChI=1S/C6H8N2O3/c7-5(4-8(9)10)6-2-1-3-11-6/h1-3,5H,4,7H2. The second kappa shape index (κ2) is 3.16. The molecule has 5 heteroatoms. The summed E-state index contributed by atoms with van der Waals surface area (Å²) in [6, 6.07) is 2.63. The van der Waals surface area contributed by atoms with E-state index in [1.165, 1.54) is 6.26 Å². The van der Waals surface area contributed by atoms with Gasteiger partial charge in [-0.25, -0.2) is 0 Å². The fourth-order valence-corrected chi connectivity index (χ4v) is 0.753. The van der Waals surface area contributed by atoms with Crippen LogP contribution in [0.3, 0.4) is 0 Å². The van der Waals surface area contributed by atoms with Crippen LogP contribution in [0.15, 0.2) is 22.8 Å². The van der Waals surface area contributed by atoms with Gasteiger partial charge in [-0.05, 0) is 12.1 Å². The lowest BCUT2D eigenvalue weighted by atomic mass is 10.2. The first-order valence-corrected chi connectivity index (χ1v) is 3.11. The van der Waals surface area contributed by atoms with E-state index < -0.39 is 11.0 Å². The Hall–Kier alpha value is -1.36. The summed E-state index contributed by atoms with van der Waals surface area (Å²) in [5, 5.41) is 9.99. The second-order valence-corrected chi connectivity index (χ2v) is 2.14. The van der Waals surface area contributed by atoms with Gasteiger partial charge in [0.1, 0.15) is 11.8 Å². The van der Waals surface area contributed by atoms with Gasteiger partial charge in [-0.2, -0.15) is 0 Å². The van der Waals surface area contributed by atoms with E-state index in [4.69, 9.17) is 10.2 Å². The van der Waals surface area contributed by atoms with Crippen molar-refractivity contribution in [1.82, 2.24) is 0 Å². The van der Waals surface area contributed by atoms with Crippen LogP contribution in [0.2, 0.25) is 0 Å². The summed E-state index contributed by atoms with van der Waals surface area (Å²) in [6.07, 6.45) is 1.44. The fourth-order valence-electron chi connectivity index (χ4n) is 0.753. The number of nitrogens with two attached hydrogens (primary N) is 1. The Labute approximate surface area is 62.9 Å². The van der Waals surface area contributed by atoms with Crippen LogP contribution in [0.25, 0.3) is 0 Å². The van der Waals surface area contributed by atoms with E-state index in [0.29, 0.717) is 5.76 Å². The van der Waals surface area contributed by atoms with Crippen molar-refractivity contribution >= 4 is 0 Å². The normalized spacial score (nSPS) is 12.8. The Bertz CT molecular complexity index is 232. The van der Waals surface area contributed by atoms with E-state index in [1.807, 2.05) is 0 Å². The van der Waals surface area contributed by atoms with Gasteiger partial charge in [0.15, 0.2) is 0 Å². The lowest BCUT2D eigenvalue weighted by Gasteiger charge is -2.00. The van der Waals surface area contributed by atoms with Gasteiger partial charge in [-0.15, -0.1) is 0 Å². The van der Waals surface area contributed by atoms with E-state index in [2.05, 4.69) is 0 Å². The van der Waals surface area contributed by atoms with Crippen molar-refractivity contribution in [2.75, 3.05) is 6.54 Å². The molecule has 2 N–H and O–H groups in total. The number of nitro groups is 1. The van der Waals surface area contributed by atoms with Gasteiger partial charge in [-0.3, -0.25) is 10.1 Å². The van der Waals surface area contributed by atoms with E-state index in [-0.39, 0.29) is 6.54 Å². The second-order valence-electron chi connectivity index (χ2n) is 2.14. The first kappa shape index (κ1) is 7.74. The zero-order chi connectivity index (χ0) is 8.27. The lowest BCUT2D eigenvalue weighted by Crippen LogP contribution is -2.19. The van der Waals surface area contributed by atoms with Crippen molar-refractivity contribution in [2.24, 2.45) is 5.73 Å².